The molecule has 0 N–H and O–H groups in total. The summed E-state index contributed by atoms with van der Waals surface area (Å²) in [5.41, 5.74) is 1.27. The molecule has 0 aliphatic carbocycles. The lowest BCUT2D eigenvalue weighted by atomic mass is 10.3. The fraction of sp³-hybridized carbons (Fsp3) is 0.538. The van der Waals surface area contributed by atoms with Crippen LogP contribution >= 0.6 is 0 Å². The smallest absolute Gasteiger partial charge is 0.0401 e. The maximum absolute atomic E-state index is 3.55. The van der Waals surface area contributed by atoms with Crippen molar-refractivity contribution in [2.75, 3.05) is 0 Å². The quantitative estimate of drug-likeness (QED) is 0.505. The van der Waals surface area contributed by atoms with E-state index in [1.807, 2.05) is 46.8 Å². The van der Waals surface area contributed by atoms with Gasteiger partial charge in [-0.2, -0.15) is 0 Å². The van der Waals surface area contributed by atoms with Crippen LogP contribution < -0.4 is 0 Å². The minimum absolute atomic E-state index is 0. The van der Waals surface area contributed by atoms with E-state index in [0.717, 1.165) is 0 Å². The van der Waals surface area contributed by atoms with Gasteiger partial charge in [0.15, 0.2) is 0 Å². The van der Waals surface area contributed by atoms with Crippen LogP contribution in [-0.2, 0) is 0 Å². The van der Waals surface area contributed by atoms with Gasteiger partial charge < -0.3 is 0 Å². The molecule has 0 aromatic carbocycles. The molecule has 0 aliphatic rings. The molecular formula is C13H28. The van der Waals surface area contributed by atoms with Crippen LogP contribution in [0, 0.1) is 0 Å². The third-order valence-corrected chi connectivity index (χ3v) is 0.951. The minimum Gasteiger partial charge on any atom is -0.0991 e. The van der Waals surface area contributed by atoms with E-state index in [1.54, 1.807) is 6.08 Å². The second-order valence-corrected chi connectivity index (χ2v) is 1.63. The molecule has 0 nitrogen and oxygen atoms in total. The van der Waals surface area contributed by atoms with Gasteiger partial charge in [0.25, 0.3) is 0 Å². The molecule has 0 saturated heterocycles. The molecule has 0 heteroatoms. The van der Waals surface area contributed by atoms with Gasteiger partial charge >= 0.3 is 0 Å². The lowest BCUT2D eigenvalue weighted by Crippen LogP contribution is -1.60. The summed E-state index contributed by atoms with van der Waals surface area (Å²) in [6.45, 7) is 15.6. The van der Waals surface area contributed by atoms with Gasteiger partial charge in [0.2, 0.25) is 0 Å². The largest absolute Gasteiger partial charge is 0.0991 e. The summed E-state index contributed by atoms with van der Waals surface area (Å²) in [7, 11) is 0. The lowest BCUT2D eigenvalue weighted by molar-refractivity contribution is 1.48. The van der Waals surface area contributed by atoms with E-state index in [4.69, 9.17) is 0 Å². The molecule has 13 heavy (non-hydrogen) atoms. The number of rotatable bonds is 2. The molecule has 0 aromatic heterocycles. The SMILES string of the molecule is C.C=C/C=C\C(C)=C/C.CC.CC. The van der Waals surface area contributed by atoms with Crippen molar-refractivity contribution in [1.29, 1.82) is 0 Å². The molecule has 0 aromatic rings. The van der Waals surface area contributed by atoms with Crippen LogP contribution in [0.4, 0.5) is 0 Å². The monoisotopic (exact) mass is 184 g/mol. The zero-order valence-electron chi connectivity index (χ0n) is 9.52. The Morgan fingerprint density at radius 2 is 1.46 bits per heavy atom. The van der Waals surface area contributed by atoms with Crippen LogP contribution in [-0.4, -0.2) is 0 Å². The van der Waals surface area contributed by atoms with E-state index in [0.29, 0.717) is 0 Å². The van der Waals surface area contributed by atoms with Gasteiger partial charge in [0.1, 0.15) is 0 Å². The maximum Gasteiger partial charge on any atom is -0.0401 e. The number of hydrogen-bond acceptors (Lipinski definition) is 0. The first-order valence-corrected chi connectivity index (χ1v) is 4.73. The number of hydrogen-bond donors (Lipinski definition) is 0. The van der Waals surface area contributed by atoms with Gasteiger partial charge in [-0.3, -0.25) is 0 Å². The molecule has 0 unspecified atom stereocenters. The first kappa shape index (κ1) is 22.8. The van der Waals surface area contributed by atoms with Gasteiger partial charge in [0, 0.05) is 0 Å². The van der Waals surface area contributed by atoms with Crippen molar-refractivity contribution in [3.05, 3.63) is 36.5 Å². The van der Waals surface area contributed by atoms with Gasteiger partial charge in [-0.15, -0.1) is 0 Å². The third kappa shape index (κ3) is 35.0. The Hall–Kier alpha value is -0.780. The molecule has 0 rings (SSSR count). The molecule has 0 fully saturated rings. The van der Waals surface area contributed by atoms with Crippen molar-refractivity contribution in [3.8, 4) is 0 Å². The molecule has 0 bridgehead atoms. The summed E-state index contributed by atoms with van der Waals surface area (Å²) in [6, 6.07) is 0. The average Bonchev–Trinajstić information content (AvgIpc) is 2.20. The first-order valence-electron chi connectivity index (χ1n) is 4.73. The Labute approximate surface area is 86.1 Å². The zero-order valence-corrected chi connectivity index (χ0v) is 9.52. The van der Waals surface area contributed by atoms with E-state index >= 15 is 0 Å². The van der Waals surface area contributed by atoms with Crippen LogP contribution in [0.25, 0.3) is 0 Å². The van der Waals surface area contributed by atoms with Crippen molar-refractivity contribution >= 4 is 0 Å². The van der Waals surface area contributed by atoms with E-state index in [1.165, 1.54) is 5.57 Å². The second-order valence-electron chi connectivity index (χ2n) is 1.63. The Morgan fingerprint density at radius 3 is 1.69 bits per heavy atom. The average molecular weight is 184 g/mol. The topological polar surface area (TPSA) is 0 Å². The normalized spacial score (nSPS) is 8.62. The molecule has 0 saturated carbocycles. The first-order chi connectivity index (χ1) is 5.81. The van der Waals surface area contributed by atoms with Crippen LogP contribution in [0.3, 0.4) is 0 Å². The van der Waals surface area contributed by atoms with Crippen molar-refractivity contribution in [1.82, 2.24) is 0 Å². The van der Waals surface area contributed by atoms with E-state index in [9.17, 15) is 0 Å². The highest BCUT2D eigenvalue weighted by Crippen LogP contribution is 1.92. The summed E-state index contributed by atoms with van der Waals surface area (Å²) in [5.74, 6) is 0. The summed E-state index contributed by atoms with van der Waals surface area (Å²) < 4.78 is 0. The van der Waals surface area contributed by atoms with Crippen molar-refractivity contribution in [2.45, 2.75) is 49.0 Å². The van der Waals surface area contributed by atoms with Crippen LogP contribution in [0.15, 0.2) is 36.5 Å². The summed E-state index contributed by atoms with van der Waals surface area (Å²) in [4.78, 5) is 0. The predicted molar refractivity (Wildman–Crippen MR) is 68.2 cm³/mol. The maximum atomic E-state index is 3.55. The van der Waals surface area contributed by atoms with E-state index < -0.39 is 0 Å². The van der Waals surface area contributed by atoms with Crippen LogP contribution in [0.1, 0.15) is 49.0 Å². The molecule has 0 spiro atoms. The van der Waals surface area contributed by atoms with Gasteiger partial charge in [-0.1, -0.05) is 71.6 Å². The summed E-state index contributed by atoms with van der Waals surface area (Å²) >= 11 is 0. The Balaban J connectivity index is -0.0000000712. The Kier molecular flexibility index (Phi) is 53.0. The molecular weight excluding hydrogens is 156 g/mol. The highest BCUT2D eigenvalue weighted by Gasteiger charge is 1.70. The van der Waals surface area contributed by atoms with Crippen molar-refractivity contribution in [3.63, 3.8) is 0 Å². The van der Waals surface area contributed by atoms with Gasteiger partial charge in [-0.25, -0.2) is 0 Å². The van der Waals surface area contributed by atoms with Crippen molar-refractivity contribution in [2.24, 2.45) is 0 Å². The van der Waals surface area contributed by atoms with Crippen LogP contribution in [0.5, 0.6) is 0 Å². The third-order valence-electron chi connectivity index (χ3n) is 0.951. The molecule has 0 amide bonds. The molecule has 80 valence electrons. The van der Waals surface area contributed by atoms with Gasteiger partial charge in [-0.05, 0) is 13.8 Å². The predicted octanol–water partition coefficient (Wildman–Crippen LogP) is 5.38. The molecule has 0 heterocycles. The fourth-order valence-electron chi connectivity index (χ4n) is 0.316. The van der Waals surface area contributed by atoms with Crippen molar-refractivity contribution < 1.29 is 0 Å². The highest BCUT2D eigenvalue weighted by molar-refractivity contribution is 5.18. The highest BCUT2D eigenvalue weighted by atomic mass is 13.8. The standard InChI is InChI=1S/C8H12.2C2H6.CH4/c1-4-6-7-8(3)5-2;2*1-2;/h4-7H,1H2,2-3H3;2*1-2H3;1H4/b7-6-,8-5-;;;. The Bertz CT molecular complexity index is 116. The van der Waals surface area contributed by atoms with Crippen LogP contribution in [0.2, 0.25) is 0 Å². The summed E-state index contributed by atoms with van der Waals surface area (Å²) in [6.07, 6.45) is 7.77. The lowest BCUT2D eigenvalue weighted by Gasteiger charge is -1.82. The zero-order chi connectivity index (χ0) is 10.4. The molecule has 0 atom stereocenters. The fourth-order valence-corrected chi connectivity index (χ4v) is 0.316. The number of allylic oxidation sites excluding steroid dienone is 5. The minimum atomic E-state index is 0. The molecule has 0 aliphatic heterocycles. The van der Waals surface area contributed by atoms with Gasteiger partial charge in [0.05, 0.1) is 0 Å². The second kappa shape index (κ2) is 30.3. The Morgan fingerprint density at radius 1 is 1.08 bits per heavy atom. The summed E-state index contributed by atoms with van der Waals surface area (Å²) in [5, 5.41) is 0. The van der Waals surface area contributed by atoms with E-state index in [2.05, 4.69) is 19.6 Å². The molecule has 0 radical (unpaired) electrons. The van der Waals surface area contributed by atoms with E-state index in [-0.39, 0.29) is 7.43 Å².